The van der Waals surface area contributed by atoms with E-state index in [2.05, 4.69) is 11.3 Å². The summed E-state index contributed by atoms with van der Waals surface area (Å²) in [5, 5.41) is 0. The van der Waals surface area contributed by atoms with Gasteiger partial charge >= 0.3 is 5.97 Å². The lowest BCUT2D eigenvalue weighted by atomic mass is 9.93. The van der Waals surface area contributed by atoms with Gasteiger partial charge in [0.2, 0.25) is 5.79 Å². The molecular weight excluding hydrogens is 160 g/mol. The second kappa shape index (κ2) is 3.25. The molecule has 0 radical (unpaired) electrons. The molecule has 1 saturated heterocycles. The number of esters is 1. The highest BCUT2D eigenvalue weighted by atomic mass is 16.7. The minimum absolute atomic E-state index is 0.326. The Morgan fingerprint density at radius 3 is 2.67 bits per heavy atom. The van der Waals surface area contributed by atoms with Gasteiger partial charge in [-0.15, -0.1) is 0 Å². The van der Waals surface area contributed by atoms with Crippen molar-refractivity contribution in [1.82, 2.24) is 0 Å². The average molecular weight is 172 g/mol. The van der Waals surface area contributed by atoms with E-state index in [1.54, 1.807) is 0 Å². The first-order valence-corrected chi connectivity index (χ1v) is 3.60. The van der Waals surface area contributed by atoms with Crippen LogP contribution in [0.1, 0.15) is 0 Å². The monoisotopic (exact) mass is 172 g/mol. The Kier molecular flexibility index (Phi) is 2.49. The summed E-state index contributed by atoms with van der Waals surface area (Å²) in [6.07, 6.45) is 1.47. The first-order valence-electron chi connectivity index (χ1n) is 3.60. The maximum atomic E-state index is 11.1. The van der Waals surface area contributed by atoms with Crippen LogP contribution in [0, 0.1) is 5.92 Å². The second-order valence-electron chi connectivity index (χ2n) is 2.52. The maximum absolute atomic E-state index is 11.1. The van der Waals surface area contributed by atoms with Crippen molar-refractivity contribution in [1.29, 1.82) is 0 Å². The summed E-state index contributed by atoms with van der Waals surface area (Å²) in [7, 11) is 2.81. The van der Waals surface area contributed by atoms with E-state index >= 15 is 0 Å². The molecule has 0 aromatic heterocycles. The van der Waals surface area contributed by atoms with Crippen LogP contribution in [0.15, 0.2) is 12.7 Å². The third kappa shape index (κ3) is 1.13. The van der Waals surface area contributed by atoms with Crippen molar-refractivity contribution in [3.8, 4) is 0 Å². The minimum atomic E-state index is -0.965. The second-order valence-corrected chi connectivity index (χ2v) is 2.52. The normalized spacial score (nSPS) is 33.7. The van der Waals surface area contributed by atoms with E-state index in [0.29, 0.717) is 6.61 Å². The molecule has 0 aliphatic carbocycles. The molecule has 68 valence electrons. The molecule has 0 amide bonds. The Balaban J connectivity index is 2.68. The van der Waals surface area contributed by atoms with Crippen LogP contribution in [0.25, 0.3) is 0 Å². The summed E-state index contributed by atoms with van der Waals surface area (Å²) in [5.74, 6) is -1.68. The largest absolute Gasteiger partial charge is 0.469 e. The van der Waals surface area contributed by atoms with E-state index in [0.717, 1.165) is 0 Å². The zero-order chi connectivity index (χ0) is 9.19. The number of carbonyl (C=O) groups excluding carboxylic acids is 1. The Morgan fingerprint density at radius 1 is 1.75 bits per heavy atom. The summed E-state index contributed by atoms with van der Waals surface area (Å²) >= 11 is 0. The Hall–Kier alpha value is -0.870. The highest BCUT2D eigenvalue weighted by Gasteiger charge is 2.52. The highest BCUT2D eigenvalue weighted by Crippen LogP contribution is 2.35. The summed E-state index contributed by atoms with van der Waals surface area (Å²) in [5.41, 5.74) is 0. The molecular formula is C8H12O4. The van der Waals surface area contributed by atoms with Gasteiger partial charge < -0.3 is 14.2 Å². The Labute approximate surface area is 71.1 Å². The molecule has 0 aromatic carbocycles. The van der Waals surface area contributed by atoms with Crippen LogP contribution >= 0.6 is 0 Å². The van der Waals surface area contributed by atoms with Crippen LogP contribution in [-0.4, -0.2) is 32.6 Å². The fourth-order valence-corrected chi connectivity index (χ4v) is 1.19. The Morgan fingerprint density at radius 2 is 2.42 bits per heavy atom. The fraction of sp³-hybridized carbons (Fsp3) is 0.625. The van der Waals surface area contributed by atoms with Crippen molar-refractivity contribution >= 4 is 5.97 Å². The molecule has 1 fully saturated rings. The lowest BCUT2D eigenvalue weighted by molar-refractivity contribution is -0.303. The van der Waals surface area contributed by atoms with Gasteiger partial charge in [0.05, 0.1) is 13.7 Å². The molecule has 1 aliphatic rings. The zero-order valence-electron chi connectivity index (χ0n) is 7.20. The summed E-state index contributed by atoms with van der Waals surface area (Å²) in [6.45, 7) is 3.86. The van der Waals surface area contributed by atoms with E-state index < -0.39 is 5.79 Å². The predicted molar refractivity (Wildman–Crippen MR) is 41.4 cm³/mol. The lowest BCUT2D eigenvalue weighted by Crippen LogP contribution is -2.57. The molecule has 1 aliphatic heterocycles. The standard InChI is InChI=1S/C8H12O4/c1-4-8(11-3)6(5-12-8)7(9)10-2/h4,6H,1,5H2,2-3H3. The summed E-state index contributed by atoms with van der Waals surface area (Å²) in [4.78, 5) is 11.1. The molecule has 4 nitrogen and oxygen atoms in total. The number of rotatable bonds is 3. The number of ether oxygens (including phenoxy) is 3. The van der Waals surface area contributed by atoms with E-state index in [-0.39, 0.29) is 11.9 Å². The van der Waals surface area contributed by atoms with Gasteiger partial charge in [-0.25, -0.2) is 0 Å². The smallest absolute Gasteiger partial charge is 0.316 e. The number of hydrogen-bond acceptors (Lipinski definition) is 4. The fourth-order valence-electron chi connectivity index (χ4n) is 1.19. The van der Waals surface area contributed by atoms with E-state index in [9.17, 15) is 4.79 Å². The molecule has 0 saturated carbocycles. The molecule has 1 rings (SSSR count). The summed E-state index contributed by atoms with van der Waals surface area (Å²) < 4.78 is 14.7. The first-order chi connectivity index (χ1) is 5.70. The Bertz CT molecular complexity index is 197. The van der Waals surface area contributed by atoms with Crippen LogP contribution in [0.5, 0.6) is 0 Å². The topological polar surface area (TPSA) is 44.8 Å². The van der Waals surface area contributed by atoms with Crippen molar-refractivity contribution in [3.05, 3.63) is 12.7 Å². The van der Waals surface area contributed by atoms with Gasteiger partial charge in [0.25, 0.3) is 0 Å². The van der Waals surface area contributed by atoms with E-state index in [4.69, 9.17) is 9.47 Å². The number of methoxy groups -OCH3 is 2. The van der Waals surface area contributed by atoms with E-state index in [1.165, 1.54) is 20.3 Å². The summed E-state index contributed by atoms with van der Waals surface area (Å²) in [6, 6.07) is 0. The quantitative estimate of drug-likeness (QED) is 0.454. The third-order valence-electron chi connectivity index (χ3n) is 2.05. The van der Waals surface area contributed by atoms with Gasteiger partial charge in [0.15, 0.2) is 0 Å². The van der Waals surface area contributed by atoms with Gasteiger partial charge in [0.1, 0.15) is 5.92 Å². The zero-order valence-corrected chi connectivity index (χ0v) is 7.20. The molecule has 0 spiro atoms. The number of carbonyl (C=O) groups is 1. The molecule has 12 heavy (non-hydrogen) atoms. The van der Waals surface area contributed by atoms with Crippen LogP contribution < -0.4 is 0 Å². The molecule has 0 aromatic rings. The first kappa shape index (κ1) is 9.22. The van der Waals surface area contributed by atoms with Crippen LogP contribution in [0.3, 0.4) is 0 Å². The molecule has 2 atom stereocenters. The van der Waals surface area contributed by atoms with Crippen molar-refractivity contribution < 1.29 is 19.0 Å². The maximum Gasteiger partial charge on any atom is 0.316 e. The SMILES string of the molecule is C=CC1(OC)OCC1C(=O)OC. The van der Waals surface area contributed by atoms with Gasteiger partial charge in [-0.05, 0) is 6.08 Å². The van der Waals surface area contributed by atoms with Gasteiger partial charge in [-0.3, -0.25) is 4.79 Å². The van der Waals surface area contributed by atoms with Crippen molar-refractivity contribution in [2.24, 2.45) is 5.92 Å². The van der Waals surface area contributed by atoms with E-state index in [1.807, 2.05) is 0 Å². The molecule has 0 bridgehead atoms. The van der Waals surface area contributed by atoms with Crippen molar-refractivity contribution in [3.63, 3.8) is 0 Å². The highest BCUT2D eigenvalue weighted by molar-refractivity contribution is 5.75. The molecule has 4 heteroatoms. The number of hydrogen-bond donors (Lipinski definition) is 0. The van der Waals surface area contributed by atoms with Gasteiger partial charge in [-0.1, -0.05) is 6.58 Å². The molecule has 1 heterocycles. The predicted octanol–water partition coefficient (Wildman–Crippen LogP) is 0.335. The van der Waals surface area contributed by atoms with Crippen LogP contribution in [0.2, 0.25) is 0 Å². The average Bonchev–Trinajstić information content (AvgIpc) is 2.05. The van der Waals surface area contributed by atoms with Gasteiger partial charge in [0, 0.05) is 7.11 Å². The van der Waals surface area contributed by atoms with Crippen molar-refractivity contribution in [2.75, 3.05) is 20.8 Å². The van der Waals surface area contributed by atoms with Crippen LogP contribution in [-0.2, 0) is 19.0 Å². The van der Waals surface area contributed by atoms with Gasteiger partial charge in [-0.2, -0.15) is 0 Å². The minimum Gasteiger partial charge on any atom is -0.469 e. The molecule has 2 unspecified atom stereocenters. The third-order valence-corrected chi connectivity index (χ3v) is 2.05. The lowest BCUT2D eigenvalue weighted by Gasteiger charge is -2.43. The van der Waals surface area contributed by atoms with Crippen molar-refractivity contribution in [2.45, 2.75) is 5.79 Å². The van der Waals surface area contributed by atoms with Crippen LogP contribution in [0.4, 0.5) is 0 Å². The molecule has 0 N–H and O–H groups in total.